The van der Waals surface area contributed by atoms with Crippen molar-refractivity contribution in [2.24, 2.45) is 0 Å². The average molecular weight is 288 g/mol. The maximum atomic E-state index is 11.7. The lowest BCUT2D eigenvalue weighted by atomic mass is 10.3. The number of rotatable bonds is 5. The molecule has 0 unspecified atom stereocenters. The molecule has 0 aliphatic carbocycles. The van der Waals surface area contributed by atoms with E-state index in [0.717, 1.165) is 0 Å². The van der Waals surface area contributed by atoms with Crippen LogP contribution in [0.25, 0.3) is 0 Å². The van der Waals surface area contributed by atoms with E-state index >= 15 is 0 Å². The lowest BCUT2D eigenvalue weighted by molar-refractivity contribution is -0.384. The number of carbonyl (C=O) groups excluding carboxylic acids is 1. The molecule has 2 rings (SSSR count). The summed E-state index contributed by atoms with van der Waals surface area (Å²) in [5, 5.41) is 25.1. The molecule has 0 aliphatic heterocycles. The quantitative estimate of drug-likeness (QED) is 0.438. The Bertz CT molecular complexity index is 657. The van der Waals surface area contributed by atoms with Crippen molar-refractivity contribution in [3.63, 3.8) is 0 Å². The molecular weight excluding hydrogens is 276 g/mol. The highest BCUT2D eigenvalue weighted by molar-refractivity contribution is 5.93. The molecule has 0 fully saturated rings. The predicted molar refractivity (Wildman–Crippen MR) is 76.1 cm³/mol. The number of hydrogen-bond acceptors (Lipinski definition) is 6. The SMILES string of the molecule is O=C(CNc1ncccc1[N+](=O)[O-])Nc1ccc(O)cc1. The van der Waals surface area contributed by atoms with E-state index in [1.807, 2.05) is 0 Å². The van der Waals surface area contributed by atoms with Gasteiger partial charge in [0.15, 0.2) is 0 Å². The van der Waals surface area contributed by atoms with Crippen molar-refractivity contribution >= 4 is 23.1 Å². The number of benzene rings is 1. The Hall–Kier alpha value is -3.16. The molecule has 0 radical (unpaired) electrons. The van der Waals surface area contributed by atoms with Crippen LogP contribution in [0.5, 0.6) is 5.75 Å². The third kappa shape index (κ3) is 3.90. The van der Waals surface area contributed by atoms with Crippen LogP contribution >= 0.6 is 0 Å². The van der Waals surface area contributed by atoms with Gasteiger partial charge in [-0.25, -0.2) is 4.98 Å². The van der Waals surface area contributed by atoms with Gasteiger partial charge in [0.2, 0.25) is 11.7 Å². The second-order valence-corrected chi connectivity index (χ2v) is 4.08. The van der Waals surface area contributed by atoms with Gasteiger partial charge in [-0.2, -0.15) is 0 Å². The zero-order chi connectivity index (χ0) is 15.2. The van der Waals surface area contributed by atoms with E-state index in [9.17, 15) is 14.9 Å². The normalized spacial score (nSPS) is 9.90. The Balaban J connectivity index is 1.95. The van der Waals surface area contributed by atoms with Crippen molar-refractivity contribution < 1.29 is 14.8 Å². The second-order valence-electron chi connectivity index (χ2n) is 4.08. The van der Waals surface area contributed by atoms with Gasteiger partial charge in [0, 0.05) is 18.0 Å². The highest BCUT2D eigenvalue weighted by Crippen LogP contribution is 2.20. The first kappa shape index (κ1) is 14.3. The van der Waals surface area contributed by atoms with Crippen molar-refractivity contribution in [3.8, 4) is 5.75 Å². The summed E-state index contributed by atoms with van der Waals surface area (Å²) in [6, 6.07) is 8.69. The van der Waals surface area contributed by atoms with E-state index in [0.29, 0.717) is 5.69 Å². The van der Waals surface area contributed by atoms with Crippen LogP contribution in [0, 0.1) is 10.1 Å². The molecule has 8 heteroatoms. The molecule has 1 aromatic carbocycles. The van der Waals surface area contributed by atoms with Crippen LogP contribution in [0.3, 0.4) is 0 Å². The Morgan fingerprint density at radius 1 is 1.29 bits per heavy atom. The molecule has 3 N–H and O–H groups in total. The van der Waals surface area contributed by atoms with Crippen LogP contribution in [-0.4, -0.2) is 27.5 Å². The van der Waals surface area contributed by atoms with Crippen LogP contribution in [0.1, 0.15) is 0 Å². The van der Waals surface area contributed by atoms with Gasteiger partial charge < -0.3 is 15.7 Å². The zero-order valence-electron chi connectivity index (χ0n) is 10.8. The molecule has 0 bridgehead atoms. The van der Waals surface area contributed by atoms with Gasteiger partial charge in [-0.15, -0.1) is 0 Å². The third-order valence-electron chi connectivity index (χ3n) is 2.55. The van der Waals surface area contributed by atoms with Crippen LogP contribution < -0.4 is 10.6 Å². The largest absolute Gasteiger partial charge is 0.508 e. The molecule has 0 atom stereocenters. The summed E-state index contributed by atoms with van der Waals surface area (Å²) in [5.41, 5.74) is 0.310. The number of nitro groups is 1. The fraction of sp³-hybridized carbons (Fsp3) is 0.0769. The van der Waals surface area contributed by atoms with Gasteiger partial charge in [0.25, 0.3) is 0 Å². The van der Waals surface area contributed by atoms with Gasteiger partial charge in [-0.1, -0.05) is 0 Å². The summed E-state index contributed by atoms with van der Waals surface area (Å²) in [4.78, 5) is 25.8. The number of aromatic nitrogens is 1. The number of phenolic OH excluding ortho intramolecular Hbond substituents is 1. The van der Waals surface area contributed by atoms with E-state index < -0.39 is 4.92 Å². The number of carbonyl (C=O) groups is 1. The van der Waals surface area contributed by atoms with E-state index in [1.54, 1.807) is 0 Å². The maximum Gasteiger partial charge on any atom is 0.311 e. The highest BCUT2D eigenvalue weighted by Gasteiger charge is 2.14. The fourth-order valence-corrected chi connectivity index (χ4v) is 1.59. The van der Waals surface area contributed by atoms with Crippen LogP contribution in [0.4, 0.5) is 17.2 Å². The summed E-state index contributed by atoms with van der Waals surface area (Å²) in [6.07, 6.45) is 1.40. The van der Waals surface area contributed by atoms with Crippen molar-refractivity contribution in [1.29, 1.82) is 0 Å². The van der Waals surface area contributed by atoms with Gasteiger partial charge in [0.05, 0.1) is 11.5 Å². The molecule has 108 valence electrons. The molecular formula is C13H12N4O4. The minimum Gasteiger partial charge on any atom is -0.508 e. The number of hydrogen-bond donors (Lipinski definition) is 3. The van der Waals surface area contributed by atoms with Crippen molar-refractivity contribution in [2.75, 3.05) is 17.2 Å². The van der Waals surface area contributed by atoms with Gasteiger partial charge >= 0.3 is 5.69 Å². The van der Waals surface area contributed by atoms with Crippen molar-refractivity contribution in [1.82, 2.24) is 4.98 Å². The van der Waals surface area contributed by atoms with Gasteiger partial charge in [-0.05, 0) is 30.3 Å². The van der Waals surface area contributed by atoms with E-state index in [4.69, 9.17) is 5.11 Å². The summed E-state index contributed by atoms with van der Waals surface area (Å²) >= 11 is 0. The number of nitrogens with zero attached hydrogens (tertiary/aromatic N) is 2. The van der Waals surface area contributed by atoms with Crippen LogP contribution in [-0.2, 0) is 4.79 Å². The standard InChI is InChI=1S/C13H12N4O4/c18-10-5-3-9(4-6-10)16-12(19)8-15-13-11(17(20)21)2-1-7-14-13/h1-7,18H,8H2,(H,14,15)(H,16,19). The van der Waals surface area contributed by atoms with Gasteiger partial charge in [-0.3, -0.25) is 14.9 Å². The molecule has 2 aromatic rings. The Morgan fingerprint density at radius 2 is 2.00 bits per heavy atom. The summed E-state index contributed by atoms with van der Waals surface area (Å²) < 4.78 is 0. The lowest BCUT2D eigenvalue weighted by Gasteiger charge is -2.07. The molecule has 0 spiro atoms. The molecule has 0 saturated heterocycles. The van der Waals surface area contributed by atoms with Crippen molar-refractivity contribution in [3.05, 3.63) is 52.7 Å². The second kappa shape index (κ2) is 6.33. The number of phenols is 1. The number of nitrogens with one attached hydrogen (secondary N) is 2. The minimum absolute atomic E-state index is 0.0309. The number of pyridine rings is 1. The Kier molecular flexibility index (Phi) is 4.30. The minimum atomic E-state index is -0.576. The first-order valence-corrected chi connectivity index (χ1v) is 5.98. The molecule has 21 heavy (non-hydrogen) atoms. The van der Waals surface area contributed by atoms with E-state index in [1.165, 1.54) is 42.6 Å². The number of anilines is 2. The molecule has 0 aliphatic rings. The maximum absolute atomic E-state index is 11.7. The zero-order valence-corrected chi connectivity index (χ0v) is 10.8. The molecule has 1 heterocycles. The van der Waals surface area contributed by atoms with Gasteiger partial charge in [0.1, 0.15) is 5.75 Å². The molecule has 1 amide bonds. The monoisotopic (exact) mass is 288 g/mol. The first-order valence-electron chi connectivity index (χ1n) is 5.98. The van der Waals surface area contributed by atoms with Crippen LogP contribution in [0.15, 0.2) is 42.6 Å². The molecule has 1 aromatic heterocycles. The highest BCUT2D eigenvalue weighted by atomic mass is 16.6. The lowest BCUT2D eigenvalue weighted by Crippen LogP contribution is -2.22. The smallest absolute Gasteiger partial charge is 0.311 e. The first-order chi connectivity index (χ1) is 10.1. The third-order valence-corrected chi connectivity index (χ3v) is 2.55. The topological polar surface area (TPSA) is 117 Å². The number of amides is 1. The van der Waals surface area contributed by atoms with E-state index in [2.05, 4.69) is 15.6 Å². The summed E-state index contributed by atoms with van der Waals surface area (Å²) in [7, 11) is 0. The fourth-order valence-electron chi connectivity index (χ4n) is 1.59. The Labute approximate surface area is 119 Å². The molecule has 8 nitrogen and oxygen atoms in total. The van der Waals surface area contributed by atoms with Crippen molar-refractivity contribution in [2.45, 2.75) is 0 Å². The van der Waals surface area contributed by atoms with E-state index in [-0.39, 0.29) is 29.7 Å². The predicted octanol–water partition coefficient (Wildman–Crippen LogP) is 1.75. The summed E-state index contributed by atoms with van der Waals surface area (Å²) in [5.74, 6) is -0.265. The molecule has 0 saturated carbocycles. The Morgan fingerprint density at radius 3 is 2.67 bits per heavy atom. The summed E-state index contributed by atoms with van der Waals surface area (Å²) in [6.45, 7) is -0.168. The van der Waals surface area contributed by atoms with Crippen LogP contribution in [0.2, 0.25) is 0 Å². The average Bonchev–Trinajstić information content (AvgIpc) is 2.48. The number of aromatic hydroxyl groups is 1.